The van der Waals surface area contributed by atoms with Crippen molar-refractivity contribution in [3.05, 3.63) is 94.5 Å². The lowest BCUT2D eigenvalue weighted by atomic mass is 9.95. The fourth-order valence-electron chi connectivity index (χ4n) is 5.19. The lowest BCUT2D eigenvalue weighted by Crippen LogP contribution is -2.53. The van der Waals surface area contributed by atoms with Gasteiger partial charge in [0, 0.05) is 17.6 Å². The van der Waals surface area contributed by atoms with Crippen LogP contribution in [0.5, 0.6) is 0 Å². The highest BCUT2D eigenvalue weighted by atomic mass is 35.5. The Morgan fingerprint density at radius 1 is 0.977 bits per heavy atom. The second-order valence-corrected chi connectivity index (χ2v) is 13.3. The zero-order chi connectivity index (χ0) is 32.1. The first-order chi connectivity index (χ1) is 20.8. The Kier molecular flexibility index (Phi) is 10.6. The maximum Gasteiger partial charge on any atom is 0.416 e. The van der Waals surface area contributed by atoms with Gasteiger partial charge in [-0.15, -0.1) is 0 Å². The fourth-order valence-corrected chi connectivity index (χ4v) is 6.81. The molecule has 44 heavy (non-hydrogen) atoms. The SMILES string of the molecule is Cc1ccc(S(=O)(=O)N(CC(=O)N(Cc2cccc(Cl)c2)[C@H](C)C(=O)NC2CCCCC2)c2cccc(C(F)(F)F)c2)cc1. The van der Waals surface area contributed by atoms with E-state index in [1.54, 1.807) is 50.2 Å². The van der Waals surface area contributed by atoms with Crippen molar-refractivity contribution in [1.82, 2.24) is 10.2 Å². The van der Waals surface area contributed by atoms with E-state index in [1.807, 2.05) is 0 Å². The molecule has 0 unspecified atom stereocenters. The normalized spacial score (nSPS) is 15.0. The number of sulfonamides is 1. The number of benzene rings is 3. The molecule has 3 aromatic rings. The molecule has 1 fully saturated rings. The van der Waals surface area contributed by atoms with Gasteiger partial charge in [-0.3, -0.25) is 13.9 Å². The Labute approximate surface area is 261 Å². The van der Waals surface area contributed by atoms with Crippen LogP contribution in [-0.2, 0) is 32.3 Å². The lowest BCUT2D eigenvalue weighted by molar-refractivity contribution is -0.139. The van der Waals surface area contributed by atoms with E-state index in [9.17, 15) is 31.2 Å². The van der Waals surface area contributed by atoms with Crippen LogP contribution in [-0.4, -0.2) is 43.8 Å². The van der Waals surface area contributed by atoms with Crippen LogP contribution in [0.15, 0.2) is 77.7 Å². The van der Waals surface area contributed by atoms with Crippen molar-refractivity contribution in [2.24, 2.45) is 0 Å². The van der Waals surface area contributed by atoms with E-state index in [1.165, 1.54) is 23.1 Å². The van der Waals surface area contributed by atoms with Gasteiger partial charge >= 0.3 is 6.18 Å². The predicted molar refractivity (Wildman–Crippen MR) is 164 cm³/mol. The highest BCUT2D eigenvalue weighted by molar-refractivity contribution is 7.92. The molecule has 12 heteroatoms. The molecule has 1 aliphatic carbocycles. The molecule has 0 bridgehead atoms. The Morgan fingerprint density at radius 2 is 1.64 bits per heavy atom. The molecule has 7 nitrogen and oxygen atoms in total. The number of nitrogens with zero attached hydrogens (tertiary/aromatic N) is 2. The molecule has 1 atom stereocenters. The lowest BCUT2D eigenvalue weighted by Gasteiger charge is -2.33. The van der Waals surface area contributed by atoms with Crippen LogP contribution in [0.1, 0.15) is 55.7 Å². The third-order valence-corrected chi connectivity index (χ3v) is 9.73. The van der Waals surface area contributed by atoms with Gasteiger partial charge in [-0.1, -0.05) is 66.8 Å². The molecule has 1 saturated carbocycles. The molecule has 3 aromatic carbocycles. The van der Waals surface area contributed by atoms with E-state index in [-0.39, 0.29) is 23.2 Å². The molecule has 0 saturated heterocycles. The maximum atomic E-state index is 14.1. The minimum absolute atomic E-state index is 0.0367. The molecule has 236 valence electrons. The highest BCUT2D eigenvalue weighted by Crippen LogP contribution is 2.33. The van der Waals surface area contributed by atoms with E-state index >= 15 is 0 Å². The van der Waals surface area contributed by atoms with Gasteiger partial charge in [0.25, 0.3) is 10.0 Å². The standard InChI is InChI=1S/C32H35ClF3N3O4S/c1-22-14-16-29(17-15-22)44(42,43)39(28-13-7-9-25(19-28)32(34,35)36)21-30(40)38(20-24-8-6-10-26(33)18-24)23(2)31(41)37-27-11-4-3-5-12-27/h6-10,13-19,23,27H,3-5,11-12,20-21H2,1-2H3,(H,37,41)/t23-/m1/s1. The number of nitrogens with one attached hydrogen (secondary N) is 1. The Morgan fingerprint density at radius 3 is 2.27 bits per heavy atom. The molecular formula is C32H35ClF3N3O4S. The van der Waals surface area contributed by atoms with Crippen molar-refractivity contribution in [3.8, 4) is 0 Å². The summed E-state index contributed by atoms with van der Waals surface area (Å²) in [5.74, 6) is -1.18. The third-order valence-electron chi connectivity index (χ3n) is 7.71. The molecule has 1 N–H and O–H groups in total. The van der Waals surface area contributed by atoms with Crippen LogP contribution in [0, 0.1) is 6.92 Å². The summed E-state index contributed by atoms with van der Waals surface area (Å²) in [5, 5.41) is 3.41. The predicted octanol–water partition coefficient (Wildman–Crippen LogP) is 6.73. The largest absolute Gasteiger partial charge is 0.416 e. The summed E-state index contributed by atoms with van der Waals surface area (Å²) < 4.78 is 69.4. The van der Waals surface area contributed by atoms with Crippen LogP contribution in [0.2, 0.25) is 5.02 Å². The topological polar surface area (TPSA) is 86.8 Å². The number of amides is 2. The Hall–Kier alpha value is -3.57. The van der Waals surface area contributed by atoms with Crippen molar-refractivity contribution >= 4 is 39.1 Å². The van der Waals surface area contributed by atoms with Crippen LogP contribution in [0.4, 0.5) is 18.9 Å². The van der Waals surface area contributed by atoms with Gasteiger partial charge in [0.15, 0.2) is 0 Å². The van der Waals surface area contributed by atoms with E-state index < -0.39 is 46.2 Å². The molecule has 0 radical (unpaired) electrons. The molecular weight excluding hydrogens is 615 g/mol. The molecule has 4 rings (SSSR count). The van der Waals surface area contributed by atoms with Crippen molar-refractivity contribution in [1.29, 1.82) is 0 Å². The summed E-state index contributed by atoms with van der Waals surface area (Å²) in [7, 11) is -4.51. The number of carbonyl (C=O) groups excluding carboxylic acids is 2. The summed E-state index contributed by atoms with van der Waals surface area (Å²) in [6.45, 7) is 2.38. The zero-order valence-electron chi connectivity index (χ0n) is 24.5. The first-order valence-electron chi connectivity index (χ1n) is 14.4. The number of aryl methyl sites for hydroxylation is 1. The Balaban J connectivity index is 1.72. The Bertz CT molecular complexity index is 1580. The number of hydrogen-bond acceptors (Lipinski definition) is 4. The van der Waals surface area contributed by atoms with E-state index in [0.29, 0.717) is 21.0 Å². The van der Waals surface area contributed by atoms with Gasteiger partial charge in [-0.25, -0.2) is 8.42 Å². The van der Waals surface area contributed by atoms with Gasteiger partial charge in [0.1, 0.15) is 12.6 Å². The summed E-state index contributed by atoms with van der Waals surface area (Å²) >= 11 is 6.17. The third kappa shape index (κ3) is 8.32. The number of alkyl halides is 3. The quantitative estimate of drug-likeness (QED) is 0.264. The smallest absolute Gasteiger partial charge is 0.352 e. The first-order valence-corrected chi connectivity index (χ1v) is 16.2. The van der Waals surface area contributed by atoms with Gasteiger partial charge in [0.2, 0.25) is 11.8 Å². The van der Waals surface area contributed by atoms with E-state index in [2.05, 4.69) is 5.32 Å². The van der Waals surface area contributed by atoms with Gasteiger partial charge in [-0.2, -0.15) is 13.2 Å². The molecule has 2 amide bonds. The summed E-state index contributed by atoms with van der Waals surface area (Å²) in [5.41, 5.74) is -0.0374. The van der Waals surface area contributed by atoms with Gasteiger partial charge in [0.05, 0.1) is 16.1 Å². The second-order valence-electron chi connectivity index (χ2n) is 11.0. The van der Waals surface area contributed by atoms with E-state index in [0.717, 1.165) is 49.8 Å². The highest BCUT2D eigenvalue weighted by Gasteiger charge is 2.35. The minimum atomic E-state index is -4.75. The average molecular weight is 650 g/mol. The van der Waals surface area contributed by atoms with Gasteiger partial charge < -0.3 is 10.2 Å². The molecule has 1 aliphatic rings. The van der Waals surface area contributed by atoms with Crippen LogP contribution >= 0.6 is 11.6 Å². The number of carbonyl (C=O) groups is 2. The minimum Gasteiger partial charge on any atom is -0.352 e. The monoisotopic (exact) mass is 649 g/mol. The number of hydrogen-bond donors (Lipinski definition) is 1. The summed E-state index contributed by atoms with van der Waals surface area (Å²) in [4.78, 5) is 28.5. The van der Waals surface area contributed by atoms with Gasteiger partial charge in [-0.05, 0) is 74.7 Å². The van der Waals surface area contributed by atoms with Crippen molar-refractivity contribution in [3.63, 3.8) is 0 Å². The van der Waals surface area contributed by atoms with Crippen LogP contribution < -0.4 is 9.62 Å². The number of rotatable bonds is 10. The molecule has 0 aromatic heterocycles. The van der Waals surface area contributed by atoms with Crippen molar-refractivity contribution < 1.29 is 31.2 Å². The summed E-state index contributed by atoms with van der Waals surface area (Å²) in [6, 6.07) is 15.2. The van der Waals surface area contributed by atoms with Crippen molar-refractivity contribution in [2.75, 3.05) is 10.8 Å². The zero-order valence-corrected chi connectivity index (χ0v) is 26.1. The van der Waals surface area contributed by atoms with Crippen molar-refractivity contribution in [2.45, 2.75) is 75.7 Å². The average Bonchev–Trinajstić information content (AvgIpc) is 2.98. The van der Waals surface area contributed by atoms with Crippen LogP contribution in [0.3, 0.4) is 0 Å². The summed E-state index contributed by atoms with van der Waals surface area (Å²) in [6.07, 6.45) is -0.0655. The first kappa shape index (κ1) is 33.3. The van der Waals surface area contributed by atoms with Crippen LogP contribution in [0.25, 0.3) is 0 Å². The molecule has 0 heterocycles. The number of anilines is 1. The van der Waals surface area contributed by atoms with E-state index in [4.69, 9.17) is 11.6 Å². The molecule has 0 spiro atoms. The maximum absolute atomic E-state index is 14.1. The second kappa shape index (κ2) is 14.0. The fraction of sp³-hybridized carbons (Fsp3) is 0.375. The molecule has 0 aliphatic heterocycles. The number of halogens is 4.